The van der Waals surface area contributed by atoms with Crippen molar-refractivity contribution >= 4 is 46.7 Å². The van der Waals surface area contributed by atoms with E-state index < -0.39 is 44.7 Å². The lowest BCUT2D eigenvalue weighted by Gasteiger charge is -2.17. The van der Waals surface area contributed by atoms with E-state index in [2.05, 4.69) is 0 Å². The molecule has 0 heterocycles. The number of alkyl halides is 2. The van der Waals surface area contributed by atoms with Crippen LogP contribution in [0.4, 0.5) is 8.78 Å². The number of carboxylic acids is 1. The fourth-order valence-corrected chi connectivity index (χ4v) is 4.80. The molecule has 2 unspecified atom stereocenters. The van der Waals surface area contributed by atoms with Gasteiger partial charge in [0.15, 0.2) is 0 Å². The van der Waals surface area contributed by atoms with Gasteiger partial charge < -0.3 is 10.8 Å². The third kappa shape index (κ3) is 2.70. The molecule has 1 aliphatic carbocycles. The number of hydrogen-bond donors (Lipinski definition) is 2. The minimum atomic E-state index is -1.76. The topological polar surface area (TPSA) is 80.4 Å². The third-order valence-electron chi connectivity index (χ3n) is 4.84. The SMILES string of the molecule is Cc1cc(C2(C(N)=O)C(c3ccc(F)c(Cl)c3)C2(Cl)Cl)cc(C(=O)O)c1F. The third-order valence-corrected chi connectivity index (χ3v) is 6.17. The maximum atomic E-state index is 14.1. The van der Waals surface area contributed by atoms with E-state index in [1.807, 2.05) is 0 Å². The first-order chi connectivity index (χ1) is 12.5. The molecule has 1 aliphatic rings. The molecule has 0 aromatic heterocycles. The van der Waals surface area contributed by atoms with Crippen LogP contribution in [0.2, 0.25) is 5.02 Å². The summed E-state index contributed by atoms with van der Waals surface area (Å²) >= 11 is 18.6. The van der Waals surface area contributed by atoms with E-state index in [1.54, 1.807) is 0 Å². The predicted octanol–water partition coefficient (Wildman–Crippen LogP) is 4.32. The number of nitrogens with two attached hydrogens (primary N) is 1. The van der Waals surface area contributed by atoms with Crippen molar-refractivity contribution in [1.82, 2.24) is 0 Å². The Morgan fingerprint density at radius 2 is 1.81 bits per heavy atom. The lowest BCUT2D eigenvalue weighted by atomic mass is 9.87. The Bertz CT molecular complexity index is 996. The summed E-state index contributed by atoms with van der Waals surface area (Å²) in [5.41, 5.74) is 3.59. The van der Waals surface area contributed by atoms with E-state index in [9.17, 15) is 23.5 Å². The van der Waals surface area contributed by atoms with Crippen LogP contribution in [-0.4, -0.2) is 21.3 Å². The monoisotopic (exact) mass is 433 g/mol. The Morgan fingerprint density at radius 1 is 1.19 bits per heavy atom. The Labute approximate surface area is 167 Å². The summed E-state index contributed by atoms with van der Waals surface area (Å²) < 4.78 is 25.9. The minimum absolute atomic E-state index is 0.0163. The van der Waals surface area contributed by atoms with Gasteiger partial charge in [0.1, 0.15) is 21.4 Å². The first kappa shape index (κ1) is 19.9. The highest BCUT2D eigenvalue weighted by molar-refractivity contribution is 6.55. The van der Waals surface area contributed by atoms with E-state index >= 15 is 0 Å². The van der Waals surface area contributed by atoms with Gasteiger partial charge in [0.05, 0.1) is 10.6 Å². The summed E-state index contributed by atoms with van der Waals surface area (Å²) in [6.07, 6.45) is 0. The number of amides is 1. The Hall–Kier alpha value is -1.89. The van der Waals surface area contributed by atoms with E-state index in [4.69, 9.17) is 40.5 Å². The van der Waals surface area contributed by atoms with Crippen LogP contribution in [-0.2, 0) is 10.2 Å². The van der Waals surface area contributed by atoms with Crippen LogP contribution < -0.4 is 5.73 Å². The Morgan fingerprint density at radius 3 is 2.33 bits per heavy atom. The van der Waals surface area contributed by atoms with Crippen LogP contribution in [0.15, 0.2) is 30.3 Å². The van der Waals surface area contributed by atoms with Gasteiger partial charge in [-0.05, 0) is 41.8 Å². The molecule has 0 aliphatic heterocycles. The van der Waals surface area contributed by atoms with Crippen LogP contribution in [0.1, 0.15) is 33.0 Å². The molecule has 27 heavy (non-hydrogen) atoms. The number of halogens is 5. The van der Waals surface area contributed by atoms with Gasteiger partial charge in [-0.2, -0.15) is 0 Å². The number of carbonyl (C=O) groups excluding carboxylic acids is 1. The molecule has 3 N–H and O–H groups in total. The number of benzene rings is 2. The number of hydrogen-bond acceptors (Lipinski definition) is 2. The molecular formula is C18H12Cl3F2NO3. The van der Waals surface area contributed by atoms with Gasteiger partial charge >= 0.3 is 5.97 Å². The number of rotatable bonds is 4. The first-order valence-electron chi connectivity index (χ1n) is 7.62. The molecule has 0 bridgehead atoms. The summed E-state index contributed by atoms with van der Waals surface area (Å²) in [5, 5.41) is 9.03. The van der Waals surface area contributed by atoms with E-state index in [1.165, 1.54) is 25.1 Å². The van der Waals surface area contributed by atoms with Gasteiger partial charge in [0.25, 0.3) is 0 Å². The molecule has 1 amide bonds. The van der Waals surface area contributed by atoms with Crippen LogP contribution in [0.3, 0.4) is 0 Å². The van der Waals surface area contributed by atoms with Gasteiger partial charge in [-0.15, -0.1) is 0 Å². The maximum Gasteiger partial charge on any atom is 0.338 e. The average Bonchev–Trinajstić information content (AvgIpc) is 3.10. The summed E-state index contributed by atoms with van der Waals surface area (Å²) in [6, 6.07) is 5.96. The standard InChI is InChI=1S/C18H12Cl3F2NO3/c1-7-4-9(6-10(13(7)23)15(25)26)17(16(24)27)14(18(17,20)21)8-2-3-12(22)11(19)5-8/h2-6,14H,1H3,(H2,24,27)(H,25,26). The maximum absolute atomic E-state index is 14.1. The fourth-order valence-electron chi connectivity index (χ4n) is 3.52. The van der Waals surface area contributed by atoms with Crippen LogP contribution in [0.5, 0.6) is 0 Å². The van der Waals surface area contributed by atoms with Gasteiger partial charge in [-0.25, -0.2) is 13.6 Å². The van der Waals surface area contributed by atoms with Crippen molar-refractivity contribution in [2.75, 3.05) is 0 Å². The highest BCUT2D eigenvalue weighted by atomic mass is 35.5. The first-order valence-corrected chi connectivity index (χ1v) is 8.76. The van der Waals surface area contributed by atoms with Gasteiger partial charge in [0, 0.05) is 5.92 Å². The molecule has 2 aromatic rings. The summed E-state index contributed by atoms with van der Waals surface area (Å²) in [7, 11) is 0. The number of primary amides is 1. The van der Waals surface area contributed by atoms with Crippen molar-refractivity contribution in [2.24, 2.45) is 5.73 Å². The Balaban J connectivity index is 2.25. The van der Waals surface area contributed by atoms with Gasteiger partial charge in [-0.1, -0.05) is 46.9 Å². The molecule has 2 atom stereocenters. The molecule has 9 heteroatoms. The minimum Gasteiger partial charge on any atom is -0.478 e. The summed E-state index contributed by atoms with van der Waals surface area (Å²) in [6.45, 7) is 1.34. The Kier molecular flexibility index (Phi) is 4.65. The zero-order valence-corrected chi connectivity index (χ0v) is 16.0. The highest BCUT2D eigenvalue weighted by Gasteiger charge is 2.80. The molecule has 1 saturated carbocycles. The van der Waals surface area contributed by atoms with E-state index in [0.717, 1.165) is 12.1 Å². The molecule has 142 valence electrons. The summed E-state index contributed by atoms with van der Waals surface area (Å²) in [4.78, 5) is 23.8. The van der Waals surface area contributed by atoms with Crippen molar-refractivity contribution in [2.45, 2.75) is 22.6 Å². The molecule has 1 fully saturated rings. The molecule has 2 aromatic carbocycles. The van der Waals surface area contributed by atoms with Gasteiger partial charge in [-0.3, -0.25) is 4.79 Å². The summed E-state index contributed by atoms with van der Waals surface area (Å²) in [5.74, 6) is -5.00. The second kappa shape index (κ2) is 6.33. The van der Waals surface area contributed by atoms with Crippen molar-refractivity contribution in [3.8, 4) is 0 Å². The quantitative estimate of drug-likeness (QED) is 0.703. The molecule has 0 radical (unpaired) electrons. The number of aromatic carboxylic acids is 1. The van der Waals surface area contributed by atoms with Gasteiger partial charge in [0.2, 0.25) is 5.91 Å². The van der Waals surface area contributed by atoms with Crippen LogP contribution in [0, 0.1) is 18.6 Å². The zero-order chi connectivity index (χ0) is 20.3. The second-order valence-corrected chi connectivity index (χ2v) is 8.15. The number of aryl methyl sites for hydroxylation is 1. The molecule has 4 nitrogen and oxygen atoms in total. The molecule has 0 saturated heterocycles. The second-order valence-electron chi connectivity index (χ2n) is 6.36. The lowest BCUT2D eigenvalue weighted by Crippen LogP contribution is -2.34. The molecule has 3 rings (SSSR count). The molecular weight excluding hydrogens is 423 g/mol. The van der Waals surface area contributed by atoms with Crippen LogP contribution in [0.25, 0.3) is 0 Å². The zero-order valence-electron chi connectivity index (χ0n) is 13.7. The van der Waals surface area contributed by atoms with E-state index in [0.29, 0.717) is 5.56 Å². The highest BCUT2D eigenvalue weighted by Crippen LogP contribution is 2.74. The average molecular weight is 435 g/mol. The fraction of sp³-hybridized carbons (Fsp3) is 0.222. The van der Waals surface area contributed by atoms with Crippen molar-refractivity contribution in [1.29, 1.82) is 0 Å². The number of carbonyl (C=O) groups is 2. The number of carboxylic acid groups (broad SMARTS) is 1. The van der Waals surface area contributed by atoms with E-state index in [-0.39, 0.29) is 16.1 Å². The molecule has 0 spiro atoms. The normalized spacial score (nSPS) is 23.1. The van der Waals surface area contributed by atoms with Crippen molar-refractivity contribution in [3.63, 3.8) is 0 Å². The van der Waals surface area contributed by atoms with Crippen molar-refractivity contribution < 1.29 is 23.5 Å². The van der Waals surface area contributed by atoms with Crippen molar-refractivity contribution in [3.05, 3.63) is 69.2 Å². The largest absolute Gasteiger partial charge is 0.478 e. The predicted molar refractivity (Wildman–Crippen MR) is 97.6 cm³/mol. The lowest BCUT2D eigenvalue weighted by molar-refractivity contribution is -0.120. The smallest absolute Gasteiger partial charge is 0.338 e. The van der Waals surface area contributed by atoms with Crippen LogP contribution >= 0.6 is 34.8 Å².